The molecule has 0 spiro atoms. The number of aliphatic hydroxyl groups excluding tert-OH is 2. The number of hydrogen-bond donors (Lipinski definition) is 11. The Morgan fingerprint density at radius 3 is 2.46 bits per heavy atom. The minimum Gasteiger partial charge on any atom is -0.386 e. The van der Waals surface area contributed by atoms with Crippen LogP contribution in [0.2, 0.25) is 0 Å². The Hall–Kier alpha value is -3.88. The van der Waals surface area contributed by atoms with E-state index in [4.69, 9.17) is 19.5 Å². The van der Waals surface area contributed by atoms with Gasteiger partial charge >= 0.3 is 23.5 Å². The van der Waals surface area contributed by atoms with Crippen molar-refractivity contribution >= 4 is 80.8 Å². The fraction of sp³-hybridized carbons (Fsp3) is 0.515. The van der Waals surface area contributed by atoms with Crippen molar-refractivity contribution in [1.29, 1.82) is 0 Å². The molecule has 1 fully saturated rings. The Morgan fingerprint density at radius 2 is 1.71 bits per heavy atom. The lowest BCUT2D eigenvalue weighted by Crippen LogP contribution is -2.46. The van der Waals surface area contributed by atoms with Crippen LogP contribution in [0.5, 0.6) is 0 Å². The third kappa shape index (κ3) is 14.3. The monoisotopic (exact) mass is 967 g/mol. The van der Waals surface area contributed by atoms with E-state index in [1.807, 2.05) is 30.5 Å². The van der Waals surface area contributed by atoms with Gasteiger partial charge in [-0.05, 0) is 18.1 Å². The van der Waals surface area contributed by atoms with Crippen molar-refractivity contribution < 1.29 is 80.5 Å². The molecule has 63 heavy (non-hydrogen) atoms. The summed E-state index contributed by atoms with van der Waals surface area (Å²) in [5.41, 5.74) is 6.39. The van der Waals surface area contributed by atoms with E-state index in [1.54, 1.807) is 0 Å². The van der Waals surface area contributed by atoms with Crippen LogP contribution in [0.15, 0.2) is 43.1 Å². The van der Waals surface area contributed by atoms with E-state index in [0.717, 1.165) is 33.7 Å². The van der Waals surface area contributed by atoms with E-state index in [0.29, 0.717) is 18.7 Å². The van der Waals surface area contributed by atoms with Crippen LogP contribution < -0.4 is 21.7 Å². The maximum atomic E-state index is 12.7. The molecule has 0 radical (unpaired) electrons. The number of amides is 3. The molecule has 26 nitrogen and oxygen atoms in total. The first kappa shape index (κ1) is 50.1. The number of para-hydroxylation sites is 1. The molecule has 4 aromatic rings. The van der Waals surface area contributed by atoms with Gasteiger partial charge in [-0.25, -0.2) is 28.6 Å². The highest BCUT2D eigenvalue weighted by molar-refractivity contribution is 7.99. The van der Waals surface area contributed by atoms with Crippen LogP contribution in [0.1, 0.15) is 32.1 Å². The predicted molar refractivity (Wildman–Crippen MR) is 222 cm³/mol. The minimum atomic E-state index is -5.58. The number of aromatic nitrogens is 5. The van der Waals surface area contributed by atoms with E-state index in [-0.39, 0.29) is 48.2 Å². The molecule has 3 amide bonds. The molecule has 348 valence electrons. The molecular weight excluding hydrogens is 919 g/mol. The number of hydrogen-bond acceptors (Lipinski definition) is 18. The van der Waals surface area contributed by atoms with Crippen molar-refractivity contribution in [2.24, 2.45) is 5.41 Å². The Labute approximate surface area is 362 Å². The van der Waals surface area contributed by atoms with Crippen LogP contribution in [0.3, 0.4) is 0 Å². The number of benzene rings is 1. The van der Waals surface area contributed by atoms with E-state index >= 15 is 0 Å². The molecular formula is C33H48N9O17P3S. The number of nitrogens with zero attached hydrogens (tertiary/aromatic N) is 4. The van der Waals surface area contributed by atoms with Gasteiger partial charge in [0.15, 0.2) is 17.7 Å². The summed E-state index contributed by atoms with van der Waals surface area (Å²) in [5.74, 6) is -0.932. The van der Waals surface area contributed by atoms with E-state index in [1.165, 1.54) is 25.6 Å². The second-order valence-corrected chi connectivity index (χ2v) is 19.9. The summed E-state index contributed by atoms with van der Waals surface area (Å²) in [6, 6.07) is 7.88. The lowest BCUT2D eigenvalue weighted by atomic mass is 9.87. The van der Waals surface area contributed by atoms with Crippen LogP contribution in [0.4, 0.5) is 5.82 Å². The number of phosphoric acid groups is 3. The molecule has 3 aromatic heterocycles. The number of H-pyrrole nitrogens is 1. The molecule has 2 unspecified atom stereocenters. The number of aliphatic hydroxyl groups is 2. The highest BCUT2D eigenvalue weighted by Gasteiger charge is 2.50. The average molecular weight is 968 g/mol. The van der Waals surface area contributed by atoms with Gasteiger partial charge in [0, 0.05) is 54.3 Å². The van der Waals surface area contributed by atoms with Crippen LogP contribution in [-0.2, 0) is 57.1 Å². The second kappa shape index (κ2) is 21.4. The number of nitrogens with one attached hydrogen (secondary N) is 4. The summed E-state index contributed by atoms with van der Waals surface area (Å²) < 4.78 is 62.3. The van der Waals surface area contributed by atoms with Crippen molar-refractivity contribution in [1.82, 2.24) is 40.5 Å². The normalized spacial score (nSPS) is 20.6. The number of nitrogens with two attached hydrogens (primary N) is 1. The molecule has 0 saturated carbocycles. The molecule has 1 aliphatic rings. The fourth-order valence-electron chi connectivity index (χ4n) is 6.09. The predicted octanol–water partition coefficient (Wildman–Crippen LogP) is -0.0217. The summed E-state index contributed by atoms with van der Waals surface area (Å²) >= 11 is 1.33. The van der Waals surface area contributed by atoms with Gasteiger partial charge in [-0.3, -0.25) is 32.5 Å². The molecule has 0 aliphatic carbocycles. The zero-order valence-electron chi connectivity index (χ0n) is 33.6. The van der Waals surface area contributed by atoms with E-state index < -0.39 is 84.6 Å². The lowest BCUT2D eigenvalue weighted by Gasteiger charge is -2.30. The summed E-state index contributed by atoms with van der Waals surface area (Å²) in [6.07, 6.45) is -4.34. The lowest BCUT2D eigenvalue weighted by molar-refractivity contribution is -0.137. The molecule has 1 aromatic carbocycles. The summed E-state index contributed by atoms with van der Waals surface area (Å²) in [6.45, 7) is 1.02. The summed E-state index contributed by atoms with van der Waals surface area (Å²) in [5, 5.41) is 30.5. The summed E-state index contributed by atoms with van der Waals surface area (Å²) in [7, 11) is -16.4. The zero-order valence-corrected chi connectivity index (χ0v) is 37.1. The van der Waals surface area contributed by atoms with Crippen molar-refractivity contribution in [2.45, 2.75) is 57.3 Å². The average Bonchev–Trinajstić information content (AvgIpc) is 3.91. The van der Waals surface area contributed by atoms with Gasteiger partial charge in [0.05, 0.1) is 25.3 Å². The number of phosphoric ester groups is 3. The Balaban J connectivity index is 0.988. The van der Waals surface area contributed by atoms with Crippen LogP contribution in [-0.4, -0.2) is 141 Å². The van der Waals surface area contributed by atoms with Gasteiger partial charge < -0.3 is 61.2 Å². The van der Waals surface area contributed by atoms with Crippen molar-refractivity contribution in [2.75, 3.05) is 50.1 Å². The van der Waals surface area contributed by atoms with Crippen molar-refractivity contribution in [3.8, 4) is 0 Å². The van der Waals surface area contributed by atoms with Crippen molar-refractivity contribution in [3.05, 3.63) is 48.7 Å². The number of nitrogen functional groups attached to an aromatic ring is 1. The fourth-order valence-corrected chi connectivity index (χ4v) is 9.60. The molecule has 12 N–H and O–H groups in total. The van der Waals surface area contributed by atoms with E-state index in [2.05, 4.69) is 44.7 Å². The number of carbonyl (C=O) groups excluding carboxylic acids is 3. The number of carbonyl (C=O) groups is 3. The van der Waals surface area contributed by atoms with Crippen LogP contribution in [0, 0.1) is 5.41 Å². The maximum absolute atomic E-state index is 12.7. The summed E-state index contributed by atoms with van der Waals surface area (Å²) in [4.78, 5) is 91.4. The first-order valence-corrected chi connectivity index (χ1v) is 24.5. The third-order valence-corrected chi connectivity index (χ3v) is 13.3. The van der Waals surface area contributed by atoms with Gasteiger partial charge in [0.1, 0.15) is 36.3 Å². The molecule has 1 aliphatic heterocycles. The first-order chi connectivity index (χ1) is 29.6. The molecule has 0 bridgehead atoms. The van der Waals surface area contributed by atoms with Gasteiger partial charge in [-0.1, -0.05) is 32.0 Å². The Bertz CT molecular complexity index is 2380. The minimum absolute atomic E-state index is 0.0291. The van der Waals surface area contributed by atoms with Gasteiger partial charge in [-0.2, -0.15) is 16.1 Å². The van der Waals surface area contributed by atoms with E-state index in [9.17, 15) is 57.9 Å². The van der Waals surface area contributed by atoms with Gasteiger partial charge in [0.25, 0.3) is 0 Å². The number of anilines is 1. The number of thioether (sulfide) groups is 1. The highest BCUT2D eigenvalue weighted by Crippen LogP contribution is 2.61. The molecule has 5 rings (SSSR count). The van der Waals surface area contributed by atoms with Crippen molar-refractivity contribution in [3.63, 3.8) is 0 Å². The molecule has 7 atom stereocenters. The largest absolute Gasteiger partial charge is 0.481 e. The number of ether oxygens (including phenoxy) is 1. The highest BCUT2D eigenvalue weighted by atomic mass is 32.2. The standard InChI is InChI=1S/C33H48N9O17P3S/c1-33(2,28(46)31(47)37-10-8-23(43)36-11-12-63-15-24(44)35-9-7-19-13-38-21-6-4-3-5-20(19)21)16-56-62(53,54)59-61(51,52)55-14-22-27(58-60(48,49)50)26(45)32(57-22)42-18-41-25-29(34)39-17-40-30(25)42/h3-6,13,17-18,22,26-28,32,38,45-46H,7-12,14-16H2,1-2H3,(H,35,44)(H,36,43)(H,37,47)(H,51,52)(H,53,54)(H2,34,39,40)(H2,48,49,50)/t22-,26-,27-,28+,32-/m1/s1. The number of fused-ring (bicyclic) bond motifs is 2. The van der Waals surface area contributed by atoms with Crippen LogP contribution >= 0.6 is 35.2 Å². The van der Waals surface area contributed by atoms with Gasteiger partial charge in [0.2, 0.25) is 17.7 Å². The van der Waals surface area contributed by atoms with Gasteiger partial charge in [-0.15, -0.1) is 0 Å². The van der Waals surface area contributed by atoms with Crippen LogP contribution in [0.25, 0.3) is 22.1 Å². The number of rotatable bonds is 24. The molecule has 4 heterocycles. The smallest absolute Gasteiger partial charge is 0.386 e. The second-order valence-electron chi connectivity index (χ2n) is 14.6. The number of aromatic amines is 1. The maximum Gasteiger partial charge on any atom is 0.481 e. The Morgan fingerprint density at radius 1 is 1.00 bits per heavy atom. The first-order valence-electron chi connectivity index (χ1n) is 18.8. The quantitative estimate of drug-likeness (QED) is 0.0325. The molecule has 30 heteroatoms. The molecule has 1 saturated heterocycles. The SMILES string of the molecule is CC(C)(COP(=O)(O)OP(=O)(O)OC[C@H]1O[C@@H](n2cnc3c(N)ncnc32)[C@H](O)[C@@H]1OP(=O)(O)O)[C@@H](O)C(=O)NCCC(=O)NCCSCC(=O)NCCc1c[nH]c2ccccc12. The topological polar surface area (TPSA) is 391 Å². The zero-order chi connectivity index (χ0) is 46.2. The third-order valence-electron chi connectivity index (χ3n) is 9.27. The Kier molecular flexibility index (Phi) is 17.0. The number of imidazole rings is 1.